The topological polar surface area (TPSA) is 185 Å². The molecule has 0 bridgehead atoms. The monoisotopic (exact) mass is 719 g/mol. The molecule has 2 fully saturated rings. The molecule has 1 aliphatic carbocycles. The second-order valence-electron chi connectivity index (χ2n) is 13.9. The molecule has 1 saturated heterocycles. The number of carbonyl (C=O) groups excluding carboxylic acids is 4. The highest BCUT2D eigenvalue weighted by Crippen LogP contribution is 2.39. The number of hydrogen-bond acceptors (Lipinski definition) is 11. The molecular formula is C36H49N9O7. The molecule has 0 spiro atoms. The molecule has 4 amide bonds. The number of H-pyrrole nitrogens is 1. The highest BCUT2D eigenvalue weighted by atomic mass is 16.6. The molecule has 3 aromatic rings. The van der Waals surface area contributed by atoms with E-state index in [1.807, 2.05) is 27.0 Å². The van der Waals surface area contributed by atoms with Gasteiger partial charge in [0.1, 0.15) is 17.8 Å². The molecule has 1 aromatic carbocycles. The first-order valence-electron chi connectivity index (χ1n) is 18.1. The number of hydrogen-bond donors (Lipinski definition) is 4. The van der Waals surface area contributed by atoms with Gasteiger partial charge in [0.2, 0.25) is 11.8 Å². The van der Waals surface area contributed by atoms with Crippen LogP contribution in [0, 0.1) is 0 Å². The van der Waals surface area contributed by atoms with E-state index >= 15 is 0 Å². The highest BCUT2D eigenvalue weighted by molar-refractivity contribution is 6.03. The summed E-state index contributed by atoms with van der Waals surface area (Å²) in [6, 6.07) is 9.49. The number of imide groups is 1. The van der Waals surface area contributed by atoms with Crippen LogP contribution in [0.2, 0.25) is 0 Å². The van der Waals surface area contributed by atoms with Gasteiger partial charge in [-0.05, 0) is 76.1 Å². The van der Waals surface area contributed by atoms with Gasteiger partial charge in [-0.15, -0.1) is 0 Å². The lowest BCUT2D eigenvalue weighted by atomic mass is 10.0. The van der Waals surface area contributed by atoms with Gasteiger partial charge in [0.05, 0.1) is 44.4 Å². The first-order valence-corrected chi connectivity index (χ1v) is 18.1. The summed E-state index contributed by atoms with van der Waals surface area (Å²) in [7, 11) is 2.01. The van der Waals surface area contributed by atoms with Gasteiger partial charge >= 0.3 is 6.09 Å². The predicted molar refractivity (Wildman–Crippen MR) is 192 cm³/mol. The van der Waals surface area contributed by atoms with Crippen LogP contribution >= 0.6 is 0 Å². The number of ether oxygens (including phenoxy) is 3. The van der Waals surface area contributed by atoms with Crippen molar-refractivity contribution in [2.24, 2.45) is 0 Å². The number of carbonyl (C=O) groups is 4. The Labute approximate surface area is 302 Å². The second kappa shape index (κ2) is 17.0. The zero-order chi connectivity index (χ0) is 36.6. The fraction of sp³-hybridized carbons (Fsp3) is 0.556. The molecule has 3 atom stereocenters. The Hall–Kier alpha value is -4.96. The maximum absolute atomic E-state index is 13.0. The number of amides is 4. The number of benzene rings is 1. The number of piperidine rings is 1. The molecule has 280 valence electrons. The van der Waals surface area contributed by atoms with Crippen LogP contribution in [-0.2, 0) is 36.8 Å². The zero-order valence-corrected chi connectivity index (χ0v) is 30.1. The molecule has 2 aromatic heterocycles. The first-order chi connectivity index (χ1) is 25.1. The van der Waals surface area contributed by atoms with E-state index in [4.69, 9.17) is 14.2 Å². The molecule has 0 radical (unpaired) electrons. The third-order valence-electron chi connectivity index (χ3n) is 9.58. The molecule has 2 aliphatic heterocycles. The molecule has 16 nitrogen and oxygen atoms in total. The summed E-state index contributed by atoms with van der Waals surface area (Å²) in [6.07, 6.45) is 5.96. The van der Waals surface area contributed by atoms with E-state index < -0.39 is 6.09 Å². The number of alkyl carbamates (subject to hydrolysis) is 1. The lowest BCUT2D eigenvalue weighted by Crippen LogP contribution is -2.53. The smallest absolute Gasteiger partial charge is 0.407 e. The standard InChI is InChI=1S/C36H49N9O7/c1-23(2)38-36(49)52-26-8-7-25(20-26)27-21-32(42-41-27)39-35(48)30-12-13-37-45(30)14-16-51-18-17-50-15-4-5-24-6-9-28-31(19-24)43(3)22-44(28)29-10-11-33(46)40-34(29)47/h6,9,12-13,19,21,23,25-26,29H,4-5,7-8,10-11,14-18,20,22H2,1-3H3,(H,38,49)(H,40,46,47)(H2,39,41,42,48)/t25-,26+,29?/m0/s1. The average molecular weight is 720 g/mol. The Morgan fingerprint density at radius 2 is 1.85 bits per heavy atom. The Balaban J connectivity index is 0.852. The van der Waals surface area contributed by atoms with Gasteiger partial charge in [-0.25, -0.2) is 4.79 Å². The third-order valence-corrected chi connectivity index (χ3v) is 9.58. The maximum Gasteiger partial charge on any atom is 0.407 e. The Bertz CT molecular complexity index is 1720. The van der Waals surface area contributed by atoms with Crippen LogP contribution in [0.5, 0.6) is 0 Å². The van der Waals surface area contributed by atoms with E-state index in [9.17, 15) is 19.2 Å². The molecule has 3 aliphatic rings. The van der Waals surface area contributed by atoms with Crippen molar-refractivity contribution in [2.75, 3.05) is 55.3 Å². The Kier molecular flexibility index (Phi) is 12.1. The second-order valence-corrected chi connectivity index (χ2v) is 13.9. The van der Waals surface area contributed by atoms with Gasteiger partial charge < -0.3 is 34.6 Å². The average Bonchev–Trinajstić information content (AvgIpc) is 3.92. The number of rotatable bonds is 16. The highest BCUT2D eigenvalue weighted by Gasteiger charge is 2.37. The largest absolute Gasteiger partial charge is 0.446 e. The van der Waals surface area contributed by atoms with Gasteiger partial charge in [-0.3, -0.25) is 29.5 Å². The van der Waals surface area contributed by atoms with Crippen LogP contribution in [0.4, 0.5) is 22.0 Å². The van der Waals surface area contributed by atoms with E-state index in [1.54, 1.807) is 16.9 Å². The fourth-order valence-corrected chi connectivity index (χ4v) is 7.00. The minimum Gasteiger partial charge on any atom is -0.446 e. The zero-order valence-electron chi connectivity index (χ0n) is 30.1. The SMILES string of the molecule is CC(C)NC(=O)O[C@@H]1CC[C@H](c2cc(NC(=O)c3ccnn3CCOCCOCCCc3ccc4c(c3)N(C)CN4C3CCC(=O)NC3=O)n[nH]2)C1. The van der Waals surface area contributed by atoms with E-state index in [-0.39, 0.29) is 41.8 Å². The first kappa shape index (κ1) is 36.8. The van der Waals surface area contributed by atoms with Crippen molar-refractivity contribution in [3.63, 3.8) is 0 Å². The van der Waals surface area contributed by atoms with Crippen molar-refractivity contribution in [1.29, 1.82) is 0 Å². The maximum atomic E-state index is 13.0. The fourth-order valence-electron chi connectivity index (χ4n) is 7.00. The van der Waals surface area contributed by atoms with Crippen molar-refractivity contribution in [1.82, 2.24) is 30.6 Å². The van der Waals surface area contributed by atoms with E-state index in [0.717, 1.165) is 42.8 Å². The molecule has 1 unspecified atom stereocenters. The normalized spacial score (nSPS) is 20.0. The third kappa shape index (κ3) is 9.28. The van der Waals surface area contributed by atoms with Crippen LogP contribution in [0.25, 0.3) is 0 Å². The molecule has 4 N–H and O–H groups in total. The number of aromatic nitrogens is 4. The molecule has 6 rings (SSSR count). The quantitative estimate of drug-likeness (QED) is 0.126. The summed E-state index contributed by atoms with van der Waals surface area (Å²) in [5, 5.41) is 19.6. The molecular weight excluding hydrogens is 670 g/mol. The molecule has 4 heterocycles. The number of nitrogens with zero attached hydrogens (tertiary/aromatic N) is 5. The predicted octanol–water partition coefficient (Wildman–Crippen LogP) is 3.31. The van der Waals surface area contributed by atoms with Crippen LogP contribution < -0.4 is 25.8 Å². The Morgan fingerprint density at radius 3 is 2.65 bits per heavy atom. The summed E-state index contributed by atoms with van der Waals surface area (Å²) in [5.74, 6) is -0.173. The van der Waals surface area contributed by atoms with Crippen molar-refractivity contribution in [2.45, 2.75) is 89.4 Å². The summed E-state index contributed by atoms with van der Waals surface area (Å²) in [6.45, 7) is 6.65. The van der Waals surface area contributed by atoms with Crippen molar-refractivity contribution in [3.05, 3.63) is 53.5 Å². The minimum atomic E-state index is -0.398. The van der Waals surface area contributed by atoms with E-state index in [1.165, 1.54) is 5.56 Å². The van der Waals surface area contributed by atoms with Gasteiger partial charge in [0, 0.05) is 50.0 Å². The number of nitrogens with one attached hydrogen (secondary N) is 4. The Morgan fingerprint density at radius 1 is 1.02 bits per heavy atom. The minimum absolute atomic E-state index is 0.0194. The molecule has 1 saturated carbocycles. The van der Waals surface area contributed by atoms with Gasteiger partial charge in [0.25, 0.3) is 5.91 Å². The summed E-state index contributed by atoms with van der Waals surface area (Å²) in [5.41, 5.74) is 4.59. The van der Waals surface area contributed by atoms with Crippen LogP contribution in [-0.4, -0.2) is 102 Å². The van der Waals surface area contributed by atoms with Crippen molar-refractivity contribution < 1.29 is 33.4 Å². The number of aromatic amines is 1. The van der Waals surface area contributed by atoms with E-state index in [0.29, 0.717) is 70.4 Å². The van der Waals surface area contributed by atoms with Gasteiger partial charge in [-0.2, -0.15) is 10.2 Å². The van der Waals surface area contributed by atoms with Crippen molar-refractivity contribution >= 4 is 41.0 Å². The lowest BCUT2D eigenvalue weighted by Gasteiger charge is -2.31. The van der Waals surface area contributed by atoms with Crippen molar-refractivity contribution in [3.8, 4) is 0 Å². The van der Waals surface area contributed by atoms with Crippen LogP contribution in [0.3, 0.4) is 0 Å². The van der Waals surface area contributed by atoms with Gasteiger partial charge in [-0.1, -0.05) is 6.07 Å². The van der Waals surface area contributed by atoms with Crippen LogP contribution in [0.15, 0.2) is 36.5 Å². The summed E-state index contributed by atoms with van der Waals surface area (Å²) >= 11 is 0. The number of aryl methyl sites for hydroxylation is 1. The molecule has 52 heavy (non-hydrogen) atoms. The molecule has 16 heteroatoms. The number of anilines is 3. The summed E-state index contributed by atoms with van der Waals surface area (Å²) in [4.78, 5) is 53.2. The van der Waals surface area contributed by atoms with E-state index in [2.05, 4.69) is 59.2 Å². The van der Waals surface area contributed by atoms with Crippen LogP contribution in [0.1, 0.15) is 80.0 Å². The van der Waals surface area contributed by atoms with Gasteiger partial charge in [0.15, 0.2) is 5.82 Å². The lowest BCUT2D eigenvalue weighted by molar-refractivity contribution is -0.134. The number of fused-ring (bicyclic) bond motifs is 1. The summed E-state index contributed by atoms with van der Waals surface area (Å²) < 4.78 is 18.7.